The number of thioether (sulfide) groups is 1. The number of methoxy groups -OCH3 is 1. The molecule has 3 aromatic carbocycles. The summed E-state index contributed by atoms with van der Waals surface area (Å²) in [6.07, 6.45) is 0. The van der Waals surface area contributed by atoms with Crippen molar-refractivity contribution in [2.75, 3.05) is 7.11 Å². The number of Topliss-reactive ketones (excluding diaryl/α,β-unsaturated/α-hetero) is 1. The molecule has 8 nitrogen and oxygen atoms in total. The molecule has 33 heavy (non-hydrogen) atoms. The highest BCUT2D eigenvalue weighted by molar-refractivity contribution is 7.98. The zero-order chi connectivity index (χ0) is 23.5. The van der Waals surface area contributed by atoms with Gasteiger partial charge in [-0.1, -0.05) is 23.9 Å². The molecule has 0 fully saturated rings. The van der Waals surface area contributed by atoms with Crippen LogP contribution < -0.4 is 10.3 Å². The van der Waals surface area contributed by atoms with Crippen LogP contribution in [0.25, 0.3) is 16.6 Å². The second kappa shape index (κ2) is 9.25. The zero-order valence-corrected chi connectivity index (χ0v) is 18.7. The smallest absolute Gasteiger partial charge is 0.269 e. The van der Waals surface area contributed by atoms with Gasteiger partial charge in [0.05, 0.1) is 28.6 Å². The Labute approximate surface area is 193 Å². The fourth-order valence-corrected chi connectivity index (χ4v) is 4.40. The van der Waals surface area contributed by atoms with Gasteiger partial charge in [0.25, 0.3) is 11.2 Å². The minimum atomic E-state index is -0.491. The topological polar surface area (TPSA) is 104 Å². The van der Waals surface area contributed by atoms with E-state index in [-0.39, 0.29) is 17.0 Å². The van der Waals surface area contributed by atoms with E-state index in [1.807, 2.05) is 0 Å². The van der Waals surface area contributed by atoms with Crippen molar-refractivity contribution in [3.63, 3.8) is 0 Å². The summed E-state index contributed by atoms with van der Waals surface area (Å²) in [4.78, 5) is 40.4. The zero-order valence-electron chi connectivity index (χ0n) is 17.8. The minimum absolute atomic E-state index is 0.0597. The van der Waals surface area contributed by atoms with E-state index in [0.717, 1.165) is 5.56 Å². The third-order valence-corrected chi connectivity index (χ3v) is 6.09. The van der Waals surface area contributed by atoms with Gasteiger partial charge in [-0.25, -0.2) is 4.98 Å². The van der Waals surface area contributed by atoms with Crippen LogP contribution in [-0.4, -0.2) is 27.4 Å². The summed E-state index contributed by atoms with van der Waals surface area (Å²) in [6, 6.07) is 18.0. The predicted octanol–water partition coefficient (Wildman–Crippen LogP) is 4.80. The van der Waals surface area contributed by atoms with Gasteiger partial charge in [0.2, 0.25) is 0 Å². The van der Waals surface area contributed by atoms with E-state index < -0.39 is 4.92 Å². The number of benzene rings is 3. The largest absolute Gasteiger partial charge is 0.496 e. The fraction of sp³-hybridized carbons (Fsp3) is 0.125. The average molecular weight is 461 g/mol. The monoisotopic (exact) mass is 461 g/mol. The minimum Gasteiger partial charge on any atom is -0.496 e. The van der Waals surface area contributed by atoms with Gasteiger partial charge in [-0.05, 0) is 49.4 Å². The number of carbonyl (C=O) groups is 1. The number of hydrogen-bond donors (Lipinski definition) is 0. The predicted molar refractivity (Wildman–Crippen MR) is 127 cm³/mol. The molecule has 0 saturated heterocycles. The van der Waals surface area contributed by atoms with Crippen LogP contribution in [0, 0.1) is 10.1 Å². The van der Waals surface area contributed by atoms with Crippen molar-refractivity contribution in [3.8, 4) is 11.4 Å². The number of aromatic nitrogens is 2. The van der Waals surface area contributed by atoms with Gasteiger partial charge in [-0.2, -0.15) is 0 Å². The Morgan fingerprint density at radius 3 is 2.52 bits per heavy atom. The molecule has 0 amide bonds. The average Bonchev–Trinajstić information content (AvgIpc) is 2.82. The lowest BCUT2D eigenvalue weighted by Gasteiger charge is -2.14. The van der Waals surface area contributed by atoms with Gasteiger partial charge in [0.15, 0.2) is 10.9 Å². The molecule has 0 unspecified atom stereocenters. The first-order valence-electron chi connectivity index (χ1n) is 9.96. The number of hydrogen-bond acceptors (Lipinski definition) is 7. The SMILES string of the molecule is COc1ccc(C(C)=O)cc1CSc1nc2ccccc2c(=O)n1-c1ccc([N+](=O)[O-])cc1. The standard InChI is InChI=1S/C24H19N3O5S/c1-15(28)16-7-12-22(32-2)17(13-16)14-33-24-25-21-6-4-3-5-20(21)23(29)26(24)18-8-10-19(11-9-18)27(30)31/h3-13H,14H2,1-2H3. The van der Waals surface area contributed by atoms with Gasteiger partial charge in [0.1, 0.15) is 5.75 Å². The molecule has 166 valence electrons. The van der Waals surface area contributed by atoms with Crippen LogP contribution in [0.3, 0.4) is 0 Å². The van der Waals surface area contributed by atoms with E-state index in [4.69, 9.17) is 4.74 Å². The van der Waals surface area contributed by atoms with E-state index in [9.17, 15) is 19.7 Å². The molecule has 0 saturated carbocycles. The lowest BCUT2D eigenvalue weighted by Crippen LogP contribution is -2.21. The van der Waals surface area contributed by atoms with Gasteiger partial charge in [-0.3, -0.25) is 24.3 Å². The molecule has 4 rings (SSSR count). The number of carbonyl (C=O) groups excluding carboxylic acids is 1. The highest BCUT2D eigenvalue weighted by Gasteiger charge is 2.16. The van der Waals surface area contributed by atoms with Crippen molar-refractivity contribution >= 4 is 34.1 Å². The lowest BCUT2D eigenvalue weighted by atomic mass is 10.1. The quantitative estimate of drug-likeness (QED) is 0.128. The molecule has 1 aromatic heterocycles. The van der Waals surface area contributed by atoms with Crippen molar-refractivity contribution in [2.45, 2.75) is 17.8 Å². The molecule has 4 aromatic rings. The van der Waals surface area contributed by atoms with E-state index in [1.165, 1.54) is 47.5 Å². The summed E-state index contributed by atoms with van der Waals surface area (Å²) < 4.78 is 6.88. The molecule has 0 radical (unpaired) electrons. The second-order valence-corrected chi connectivity index (χ2v) is 8.14. The van der Waals surface area contributed by atoms with Crippen molar-refractivity contribution in [3.05, 3.63) is 98.3 Å². The third-order valence-electron chi connectivity index (χ3n) is 5.11. The number of para-hydroxylation sites is 1. The van der Waals surface area contributed by atoms with E-state index >= 15 is 0 Å². The summed E-state index contributed by atoms with van der Waals surface area (Å²) in [5.41, 5.74) is 2.02. The van der Waals surface area contributed by atoms with Gasteiger partial charge < -0.3 is 4.74 Å². The van der Waals surface area contributed by atoms with Crippen LogP contribution in [-0.2, 0) is 5.75 Å². The molecule has 9 heteroatoms. The van der Waals surface area contributed by atoms with E-state index in [2.05, 4.69) is 4.98 Å². The van der Waals surface area contributed by atoms with Crippen LogP contribution in [0.5, 0.6) is 5.75 Å². The number of nitro groups is 1. The van der Waals surface area contributed by atoms with Crippen LogP contribution in [0.4, 0.5) is 5.69 Å². The van der Waals surface area contributed by atoms with Crippen molar-refractivity contribution < 1.29 is 14.5 Å². The Morgan fingerprint density at radius 1 is 1.12 bits per heavy atom. The normalized spacial score (nSPS) is 10.8. The Balaban J connectivity index is 1.81. The van der Waals surface area contributed by atoms with E-state index in [0.29, 0.717) is 38.8 Å². The molecule has 0 bridgehead atoms. The molecule has 0 N–H and O–H groups in total. The lowest BCUT2D eigenvalue weighted by molar-refractivity contribution is -0.384. The maximum atomic E-state index is 13.4. The maximum absolute atomic E-state index is 13.4. The first-order valence-corrected chi connectivity index (χ1v) is 10.9. The molecule has 0 atom stereocenters. The fourth-order valence-electron chi connectivity index (χ4n) is 3.41. The van der Waals surface area contributed by atoms with Gasteiger partial charge in [-0.15, -0.1) is 0 Å². The van der Waals surface area contributed by atoms with Crippen LogP contribution >= 0.6 is 11.8 Å². The first-order chi connectivity index (χ1) is 15.9. The molecular formula is C24H19N3O5S. The molecule has 1 heterocycles. The van der Waals surface area contributed by atoms with Crippen LogP contribution in [0.2, 0.25) is 0 Å². The Hall–Kier alpha value is -3.98. The summed E-state index contributed by atoms with van der Waals surface area (Å²) in [5.74, 6) is 0.954. The Kier molecular flexibility index (Phi) is 6.23. The molecular weight excluding hydrogens is 442 g/mol. The van der Waals surface area contributed by atoms with Crippen LogP contribution in [0.1, 0.15) is 22.8 Å². The number of fused-ring (bicyclic) bond motifs is 1. The van der Waals surface area contributed by atoms with Crippen molar-refractivity contribution in [2.24, 2.45) is 0 Å². The van der Waals surface area contributed by atoms with Gasteiger partial charge in [0, 0.05) is 29.0 Å². The van der Waals surface area contributed by atoms with Crippen molar-refractivity contribution in [1.82, 2.24) is 9.55 Å². The first kappa shape index (κ1) is 22.2. The second-order valence-electron chi connectivity index (χ2n) is 7.20. The van der Waals surface area contributed by atoms with E-state index in [1.54, 1.807) is 49.6 Å². The Morgan fingerprint density at radius 2 is 1.85 bits per heavy atom. The highest BCUT2D eigenvalue weighted by atomic mass is 32.2. The van der Waals surface area contributed by atoms with Gasteiger partial charge >= 0.3 is 0 Å². The number of nitro benzene ring substituents is 1. The summed E-state index contributed by atoms with van der Waals surface area (Å²) in [7, 11) is 1.55. The summed E-state index contributed by atoms with van der Waals surface area (Å²) in [5, 5.41) is 11.9. The molecule has 0 aliphatic heterocycles. The number of nitrogens with zero attached hydrogens (tertiary/aromatic N) is 3. The molecule has 0 aliphatic carbocycles. The summed E-state index contributed by atoms with van der Waals surface area (Å²) >= 11 is 1.31. The van der Waals surface area contributed by atoms with Crippen molar-refractivity contribution in [1.29, 1.82) is 0 Å². The molecule has 0 spiro atoms. The number of ether oxygens (including phenoxy) is 1. The number of non-ortho nitro benzene ring substituents is 1. The number of ketones is 1. The molecule has 0 aliphatic rings. The maximum Gasteiger partial charge on any atom is 0.269 e. The highest BCUT2D eigenvalue weighted by Crippen LogP contribution is 2.30. The van der Waals surface area contributed by atoms with Crippen LogP contribution in [0.15, 0.2) is 76.7 Å². The summed E-state index contributed by atoms with van der Waals surface area (Å²) in [6.45, 7) is 1.50. The third kappa shape index (κ3) is 4.49. The number of rotatable bonds is 7. The Bertz CT molecular complexity index is 1430.